The largest absolute Gasteiger partial charge is 0.314 e. The highest BCUT2D eigenvalue weighted by molar-refractivity contribution is 7.70. The Hall–Kier alpha value is -1.66. The van der Waals surface area contributed by atoms with Gasteiger partial charge in [0.05, 0.1) is 5.92 Å². The summed E-state index contributed by atoms with van der Waals surface area (Å²) in [4.78, 5) is 12.7. The van der Waals surface area contributed by atoms with Crippen LogP contribution in [0.1, 0.15) is 27.7 Å². The van der Waals surface area contributed by atoms with Crippen molar-refractivity contribution in [2.75, 3.05) is 0 Å². The van der Waals surface area contributed by atoms with Crippen molar-refractivity contribution in [2.45, 2.75) is 27.7 Å². The van der Waals surface area contributed by atoms with Crippen molar-refractivity contribution in [1.29, 1.82) is 0 Å². The van der Waals surface area contributed by atoms with E-state index in [2.05, 4.69) is 19.9 Å². The molecule has 1 aromatic rings. The second-order valence-electron chi connectivity index (χ2n) is 6.49. The Morgan fingerprint density at radius 2 is 1.77 bits per heavy atom. The van der Waals surface area contributed by atoms with Crippen LogP contribution in [0.2, 0.25) is 0 Å². The van der Waals surface area contributed by atoms with Crippen LogP contribution < -0.4 is 5.30 Å². The minimum absolute atomic E-state index is 0.109. The zero-order valence-electron chi connectivity index (χ0n) is 13.6. The molecule has 0 spiro atoms. The molecule has 0 saturated heterocycles. The maximum Gasteiger partial charge on any atom is 0.203 e. The lowest BCUT2D eigenvalue weighted by molar-refractivity contribution is -0.113. The monoisotopic (exact) mass is 314 g/mol. The van der Waals surface area contributed by atoms with Gasteiger partial charge in [-0.05, 0) is 13.8 Å². The first-order chi connectivity index (χ1) is 10.3. The molecular formula is C19H23O2P. The van der Waals surface area contributed by atoms with Crippen LogP contribution in [0.4, 0.5) is 0 Å². The van der Waals surface area contributed by atoms with Gasteiger partial charge in [0.25, 0.3) is 0 Å². The van der Waals surface area contributed by atoms with E-state index in [1.807, 2.05) is 50.3 Å². The molecule has 0 heterocycles. The quantitative estimate of drug-likeness (QED) is 0.608. The van der Waals surface area contributed by atoms with Gasteiger partial charge in [0, 0.05) is 10.7 Å². The van der Waals surface area contributed by atoms with Gasteiger partial charge in [-0.3, -0.25) is 4.79 Å². The van der Waals surface area contributed by atoms with E-state index in [-0.39, 0.29) is 10.9 Å². The third-order valence-corrected chi connectivity index (χ3v) is 5.42. The summed E-state index contributed by atoms with van der Waals surface area (Å²) in [5.74, 6) is -0.408. The molecule has 0 N–H and O–H groups in total. The van der Waals surface area contributed by atoms with Gasteiger partial charge >= 0.3 is 0 Å². The van der Waals surface area contributed by atoms with Crippen LogP contribution in [0.3, 0.4) is 0 Å². The Morgan fingerprint density at radius 3 is 2.41 bits per heavy atom. The molecule has 0 fully saturated rings. The molecule has 22 heavy (non-hydrogen) atoms. The van der Waals surface area contributed by atoms with Crippen molar-refractivity contribution >= 4 is 18.6 Å². The molecule has 1 aliphatic rings. The fraction of sp³-hybridized carbons (Fsp3) is 0.316. The first-order valence-corrected chi connectivity index (χ1v) is 8.91. The fourth-order valence-corrected chi connectivity index (χ4v) is 4.17. The third kappa shape index (κ3) is 3.96. The lowest BCUT2D eigenvalue weighted by Crippen LogP contribution is -2.16. The summed E-state index contributed by atoms with van der Waals surface area (Å²) in [5.41, 5.74) is 1.78. The predicted octanol–water partition coefficient (Wildman–Crippen LogP) is 4.50. The molecule has 116 valence electrons. The van der Waals surface area contributed by atoms with Gasteiger partial charge in [-0.2, -0.15) is 0 Å². The van der Waals surface area contributed by atoms with E-state index in [0.717, 1.165) is 11.1 Å². The van der Waals surface area contributed by atoms with E-state index < -0.39 is 13.7 Å². The second kappa shape index (κ2) is 6.62. The molecule has 0 radical (unpaired) electrons. The molecule has 0 bridgehead atoms. The Balaban J connectivity index is 2.36. The minimum Gasteiger partial charge on any atom is -0.314 e. The van der Waals surface area contributed by atoms with E-state index in [4.69, 9.17) is 0 Å². The topological polar surface area (TPSA) is 34.1 Å². The maximum absolute atomic E-state index is 12.7. The first kappa shape index (κ1) is 16.7. The molecule has 0 aromatic heterocycles. The van der Waals surface area contributed by atoms with Crippen LogP contribution in [0, 0.1) is 11.3 Å². The zero-order chi connectivity index (χ0) is 16.3. The molecular weight excluding hydrogens is 291 g/mol. The predicted molar refractivity (Wildman–Crippen MR) is 94.0 cm³/mol. The molecule has 2 nitrogen and oxygen atoms in total. The molecule has 2 unspecified atom stereocenters. The van der Waals surface area contributed by atoms with E-state index in [0.29, 0.717) is 5.30 Å². The van der Waals surface area contributed by atoms with Crippen LogP contribution in [-0.4, -0.2) is 5.52 Å². The highest BCUT2D eigenvalue weighted by Gasteiger charge is 2.26. The van der Waals surface area contributed by atoms with Crippen LogP contribution >= 0.6 is 7.80 Å². The fourth-order valence-electron chi connectivity index (χ4n) is 2.79. The average Bonchev–Trinajstić information content (AvgIpc) is 2.45. The molecule has 0 amide bonds. The molecule has 0 aliphatic heterocycles. The molecule has 0 saturated carbocycles. The number of hydrogen-bond acceptors (Lipinski definition) is 2. The molecule has 2 rings (SSSR count). The molecule has 1 aromatic carbocycles. The lowest BCUT2D eigenvalue weighted by Gasteiger charge is -2.22. The molecule has 1 aliphatic carbocycles. The van der Waals surface area contributed by atoms with E-state index in [9.17, 15) is 9.36 Å². The van der Waals surface area contributed by atoms with Gasteiger partial charge in [-0.1, -0.05) is 79.6 Å². The standard InChI is InChI=1S/C19H23O2P/c1-14-12-15(2)17(10-11-19(3,4)13-14)18(20)22(21)16-8-6-5-7-9-16/h5-13,17,22H,1-4H3/b11-10+,14-13-,15-12-. The maximum atomic E-state index is 12.7. The summed E-state index contributed by atoms with van der Waals surface area (Å²) in [6, 6.07) is 9.02. The number of carbonyl (C=O) groups is 1. The molecule has 3 heteroatoms. The number of benzene rings is 1. The number of carbonyl (C=O) groups excluding carboxylic acids is 1. The summed E-state index contributed by atoms with van der Waals surface area (Å²) in [7, 11) is -2.46. The van der Waals surface area contributed by atoms with Gasteiger partial charge < -0.3 is 4.57 Å². The van der Waals surface area contributed by atoms with Crippen molar-refractivity contribution in [2.24, 2.45) is 11.3 Å². The molecule has 2 atom stereocenters. The normalized spacial score (nSPS) is 28.3. The number of allylic oxidation sites excluding steroid dienone is 6. The Kier molecular flexibility index (Phi) is 5.03. The van der Waals surface area contributed by atoms with Crippen molar-refractivity contribution < 1.29 is 9.36 Å². The van der Waals surface area contributed by atoms with E-state index in [1.165, 1.54) is 0 Å². The summed E-state index contributed by atoms with van der Waals surface area (Å²) < 4.78 is 12.6. The number of rotatable bonds is 3. The summed E-state index contributed by atoms with van der Waals surface area (Å²) in [6.07, 6.45) is 8.14. The third-order valence-electron chi connectivity index (χ3n) is 3.81. The van der Waals surface area contributed by atoms with Gasteiger partial charge in [0.1, 0.15) is 0 Å². The summed E-state index contributed by atoms with van der Waals surface area (Å²) in [5, 5.41) is 0.632. The smallest absolute Gasteiger partial charge is 0.203 e. The van der Waals surface area contributed by atoms with E-state index in [1.54, 1.807) is 12.1 Å². The lowest BCUT2D eigenvalue weighted by atomic mass is 9.85. The van der Waals surface area contributed by atoms with Gasteiger partial charge in [-0.15, -0.1) is 0 Å². The van der Waals surface area contributed by atoms with E-state index >= 15 is 0 Å². The van der Waals surface area contributed by atoms with Gasteiger partial charge in [0.2, 0.25) is 5.52 Å². The zero-order valence-corrected chi connectivity index (χ0v) is 14.6. The first-order valence-electron chi connectivity index (χ1n) is 7.51. The summed E-state index contributed by atoms with van der Waals surface area (Å²) >= 11 is 0. The SMILES string of the molecule is CC1=C/C(C)(C)/C=C/C(C(=O)[PH](=O)c2ccccc2)/C(C)=C\1. The van der Waals surface area contributed by atoms with Gasteiger partial charge in [-0.25, -0.2) is 0 Å². The Morgan fingerprint density at radius 1 is 1.14 bits per heavy atom. The second-order valence-corrected chi connectivity index (χ2v) is 8.22. The summed E-state index contributed by atoms with van der Waals surface area (Å²) in [6.45, 7) is 8.17. The Bertz CT molecular complexity index is 679. The minimum atomic E-state index is -2.46. The van der Waals surface area contributed by atoms with Crippen LogP contribution in [0.15, 0.2) is 65.8 Å². The van der Waals surface area contributed by atoms with Crippen molar-refractivity contribution in [3.05, 3.63) is 65.8 Å². The van der Waals surface area contributed by atoms with Crippen LogP contribution in [-0.2, 0) is 9.36 Å². The van der Waals surface area contributed by atoms with Crippen LogP contribution in [0.25, 0.3) is 0 Å². The van der Waals surface area contributed by atoms with Crippen LogP contribution in [0.5, 0.6) is 0 Å². The highest BCUT2D eigenvalue weighted by Crippen LogP contribution is 2.34. The Labute approximate surface area is 133 Å². The van der Waals surface area contributed by atoms with Crippen molar-refractivity contribution in [3.63, 3.8) is 0 Å². The highest BCUT2D eigenvalue weighted by atomic mass is 31.1. The van der Waals surface area contributed by atoms with Crippen molar-refractivity contribution in [1.82, 2.24) is 0 Å². The average molecular weight is 314 g/mol. The van der Waals surface area contributed by atoms with Gasteiger partial charge in [0.15, 0.2) is 7.80 Å². The number of hydrogen-bond donors (Lipinski definition) is 0. The van der Waals surface area contributed by atoms with Crippen molar-refractivity contribution in [3.8, 4) is 0 Å².